The van der Waals surface area contributed by atoms with Crippen LogP contribution in [-0.2, 0) is 11.3 Å². The average molecular weight is 308 g/mol. The Labute approximate surface area is 127 Å². The topological polar surface area (TPSA) is 69.9 Å². The summed E-state index contributed by atoms with van der Waals surface area (Å²) < 4.78 is 2.07. The van der Waals surface area contributed by atoms with Gasteiger partial charge < -0.3 is 10.4 Å². The molecule has 3 rings (SSSR count). The predicted octanol–water partition coefficient (Wildman–Crippen LogP) is 1.28. The van der Waals surface area contributed by atoms with Crippen LogP contribution in [-0.4, -0.2) is 51.5 Å². The summed E-state index contributed by atoms with van der Waals surface area (Å²) in [7, 11) is 0. The Morgan fingerprint density at radius 1 is 1.57 bits per heavy atom. The summed E-state index contributed by atoms with van der Waals surface area (Å²) in [6, 6.07) is 0. The number of carboxylic acid groups (broad SMARTS) is 1. The second-order valence-electron chi connectivity index (χ2n) is 5.59. The molecule has 1 unspecified atom stereocenters. The molecule has 0 radical (unpaired) electrons. The largest absolute Gasteiger partial charge is 0.480 e. The zero-order valence-electron chi connectivity index (χ0n) is 11.9. The second kappa shape index (κ2) is 6.55. The molecule has 0 bridgehead atoms. The van der Waals surface area contributed by atoms with Gasteiger partial charge in [0, 0.05) is 30.9 Å². The van der Waals surface area contributed by atoms with Crippen LogP contribution in [0, 0.1) is 5.92 Å². The molecule has 1 atom stereocenters. The molecule has 0 aliphatic carbocycles. The monoisotopic (exact) mass is 308 g/mol. The molecule has 1 fully saturated rings. The van der Waals surface area contributed by atoms with Gasteiger partial charge in [-0.3, -0.25) is 14.1 Å². The number of piperidine rings is 1. The predicted molar refractivity (Wildman–Crippen MR) is 81.6 cm³/mol. The van der Waals surface area contributed by atoms with Gasteiger partial charge in [0.25, 0.3) is 0 Å². The summed E-state index contributed by atoms with van der Waals surface area (Å²) in [5.74, 6) is -0.262. The zero-order chi connectivity index (χ0) is 14.7. The molecule has 21 heavy (non-hydrogen) atoms. The Morgan fingerprint density at radius 2 is 2.48 bits per heavy atom. The standard InChI is InChI=1S/C14H20N4O2S/c19-13(20)7-15-6-11-2-1-3-17(8-11)9-12-10-18-4-5-21-14(18)16-12/h4-5,10-11,15H,1-3,6-9H2,(H,19,20). The van der Waals surface area contributed by atoms with Crippen molar-refractivity contribution >= 4 is 22.3 Å². The van der Waals surface area contributed by atoms with Gasteiger partial charge in [-0.1, -0.05) is 0 Å². The fourth-order valence-corrected chi connectivity index (χ4v) is 3.65. The second-order valence-corrected chi connectivity index (χ2v) is 6.47. The number of hydrogen-bond donors (Lipinski definition) is 2. The molecular formula is C14H20N4O2S. The zero-order valence-corrected chi connectivity index (χ0v) is 12.7. The van der Waals surface area contributed by atoms with Gasteiger partial charge in [0.1, 0.15) is 0 Å². The first kappa shape index (κ1) is 14.5. The lowest BCUT2D eigenvalue weighted by Crippen LogP contribution is -2.40. The highest BCUT2D eigenvalue weighted by Gasteiger charge is 2.20. The Morgan fingerprint density at radius 3 is 3.29 bits per heavy atom. The van der Waals surface area contributed by atoms with Gasteiger partial charge >= 0.3 is 5.97 Å². The maximum Gasteiger partial charge on any atom is 0.317 e. The van der Waals surface area contributed by atoms with Crippen LogP contribution in [0.3, 0.4) is 0 Å². The van der Waals surface area contributed by atoms with E-state index in [1.165, 1.54) is 12.8 Å². The number of aliphatic carboxylic acids is 1. The fraction of sp³-hybridized carbons (Fsp3) is 0.571. The van der Waals surface area contributed by atoms with Gasteiger partial charge in [-0.2, -0.15) is 0 Å². The van der Waals surface area contributed by atoms with Crippen molar-refractivity contribution in [3.05, 3.63) is 23.5 Å². The van der Waals surface area contributed by atoms with Gasteiger partial charge in [-0.25, -0.2) is 4.98 Å². The number of rotatable bonds is 6. The van der Waals surface area contributed by atoms with Gasteiger partial charge in [-0.15, -0.1) is 11.3 Å². The Bertz CT molecular complexity index is 580. The van der Waals surface area contributed by atoms with Crippen LogP contribution in [0.2, 0.25) is 0 Å². The lowest BCUT2D eigenvalue weighted by Gasteiger charge is -2.32. The van der Waals surface area contributed by atoms with Crippen molar-refractivity contribution in [3.8, 4) is 0 Å². The fourth-order valence-electron chi connectivity index (χ4n) is 2.93. The first-order chi connectivity index (χ1) is 10.2. The highest BCUT2D eigenvalue weighted by Crippen LogP contribution is 2.19. The van der Waals surface area contributed by atoms with Crippen molar-refractivity contribution in [1.82, 2.24) is 19.6 Å². The smallest absolute Gasteiger partial charge is 0.317 e. The van der Waals surface area contributed by atoms with E-state index in [1.54, 1.807) is 11.3 Å². The van der Waals surface area contributed by atoms with Crippen LogP contribution >= 0.6 is 11.3 Å². The normalized spacial score (nSPS) is 20.1. The minimum atomic E-state index is -0.791. The lowest BCUT2D eigenvalue weighted by atomic mass is 9.98. The number of carboxylic acids is 1. The minimum absolute atomic E-state index is 0.0494. The molecule has 1 aliphatic rings. The Hall–Kier alpha value is -1.44. The van der Waals surface area contributed by atoms with E-state index >= 15 is 0 Å². The third kappa shape index (κ3) is 3.81. The number of imidazole rings is 1. The van der Waals surface area contributed by atoms with Gasteiger partial charge in [0.2, 0.25) is 0 Å². The van der Waals surface area contributed by atoms with Crippen molar-refractivity contribution in [3.63, 3.8) is 0 Å². The number of hydrogen-bond acceptors (Lipinski definition) is 5. The van der Waals surface area contributed by atoms with Gasteiger partial charge in [0.05, 0.1) is 12.2 Å². The molecule has 1 aliphatic heterocycles. The summed E-state index contributed by atoms with van der Waals surface area (Å²) in [6.45, 7) is 3.82. The summed E-state index contributed by atoms with van der Waals surface area (Å²) in [5.41, 5.74) is 1.11. The highest BCUT2D eigenvalue weighted by molar-refractivity contribution is 7.15. The minimum Gasteiger partial charge on any atom is -0.480 e. The summed E-state index contributed by atoms with van der Waals surface area (Å²) in [5, 5.41) is 13.7. The summed E-state index contributed by atoms with van der Waals surface area (Å²) >= 11 is 1.65. The molecule has 2 aromatic rings. The average Bonchev–Trinajstić information content (AvgIpc) is 2.99. The van der Waals surface area contributed by atoms with E-state index in [1.807, 2.05) is 11.6 Å². The first-order valence-corrected chi connectivity index (χ1v) is 8.14. The Balaban J connectivity index is 1.51. The van der Waals surface area contributed by atoms with E-state index in [2.05, 4.69) is 25.8 Å². The van der Waals surface area contributed by atoms with Crippen LogP contribution in [0.15, 0.2) is 17.8 Å². The maximum absolute atomic E-state index is 10.5. The van der Waals surface area contributed by atoms with Crippen molar-refractivity contribution in [2.75, 3.05) is 26.2 Å². The molecule has 2 N–H and O–H groups in total. The molecule has 0 aromatic carbocycles. The van der Waals surface area contributed by atoms with Crippen LogP contribution in [0.1, 0.15) is 18.5 Å². The molecule has 2 aromatic heterocycles. The molecule has 3 heterocycles. The molecule has 6 nitrogen and oxygen atoms in total. The number of thiazole rings is 1. The number of aromatic nitrogens is 2. The number of nitrogens with zero attached hydrogens (tertiary/aromatic N) is 3. The number of fused-ring (bicyclic) bond motifs is 1. The number of carbonyl (C=O) groups is 1. The molecule has 0 amide bonds. The van der Waals surface area contributed by atoms with Crippen LogP contribution in [0.5, 0.6) is 0 Å². The molecule has 0 spiro atoms. The maximum atomic E-state index is 10.5. The van der Waals surface area contributed by atoms with E-state index < -0.39 is 5.97 Å². The first-order valence-electron chi connectivity index (χ1n) is 7.26. The van der Waals surface area contributed by atoms with Crippen LogP contribution in [0.25, 0.3) is 4.96 Å². The van der Waals surface area contributed by atoms with Crippen LogP contribution in [0.4, 0.5) is 0 Å². The molecule has 0 saturated carbocycles. The van der Waals surface area contributed by atoms with Crippen molar-refractivity contribution in [1.29, 1.82) is 0 Å². The van der Waals surface area contributed by atoms with Crippen molar-refractivity contribution in [2.45, 2.75) is 19.4 Å². The van der Waals surface area contributed by atoms with E-state index in [9.17, 15) is 4.79 Å². The lowest BCUT2D eigenvalue weighted by molar-refractivity contribution is -0.136. The molecule has 1 saturated heterocycles. The highest BCUT2D eigenvalue weighted by atomic mass is 32.1. The molecule has 7 heteroatoms. The molecule has 114 valence electrons. The van der Waals surface area contributed by atoms with Gasteiger partial charge in [0.15, 0.2) is 4.96 Å². The SMILES string of the molecule is O=C(O)CNCC1CCCN(Cc2cn3ccsc3n2)C1. The van der Waals surface area contributed by atoms with E-state index in [-0.39, 0.29) is 6.54 Å². The third-order valence-corrected chi connectivity index (χ3v) is 4.61. The van der Waals surface area contributed by atoms with Gasteiger partial charge in [-0.05, 0) is 31.8 Å². The van der Waals surface area contributed by atoms with E-state index in [4.69, 9.17) is 5.11 Å². The van der Waals surface area contributed by atoms with Crippen LogP contribution < -0.4 is 5.32 Å². The van der Waals surface area contributed by atoms with E-state index in [0.29, 0.717) is 5.92 Å². The number of likely N-dealkylation sites (tertiary alicyclic amines) is 1. The summed E-state index contributed by atoms with van der Waals surface area (Å²) in [6.07, 6.45) is 6.46. The Kier molecular flexibility index (Phi) is 4.52. The quantitative estimate of drug-likeness (QED) is 0.841. The van der Waals surface area contributed by atoms with Crippen molar-refractivity contribution < 1.29 is 9.90 Å². The number of nitrogens with one attached hydrogen (secondary N) is 1. The third-order valence-electron chi connectivity index (χ3n) is 3.84. The summed E-state index contributed by atoms with van der Waals surface area (Å²) in [4.78, 5) is 18.6. The molecular weight excluding hydrogens is 288 g/mol. The van der Waals surface area contributed by atoms with E-state index in [0.717, 1.165) is 36.8 Å². The van der Waals surface area contributed by atoms with Crippen molar-refractivity contribution in [2.24, 2.45) is 5.92 Å².